The van der Waals surface area contributed by atoms with Gasteiger partial charge in [-0.05, 0) is 69.1 Å². The first-order chi connectivity index (χ1) is 15.6. The topological polar surface area (TPSA) is 62.3 Å². The third-order valence-electron chi connectivity index (χ3n) is 6.49. The molecular weight excluding hydrogens is 398 g/mol. The number of benzene rings is 1. The quantitative estimate of drug-likeness (QED) is 0.494. The van der Waals surface area contributed by atoms with Crippen LogP contribution in [0.5, 0.6) is 0 Å². The van der Waals surface area contributed by atoms with Crippen LogP contribution in [-0.4, -0.2) is 41.7 Å². The number of ketones is 1. The highest BCUT2D eigenvalue weighted by atomic mass is 16.2. The number of amides is 1. The maximum absolute atomic E-state index is 13.1. The smallest absolute Gasteiger partial charge is 0.223 e. The zero-order valence-corrected chi connectivity index (χ0v) is 19.6. The number of carbonyl (C=O) groups is 2. The lowest BCUT2D eigenvalue weighted by Gasteiger charge is -2.29. The third kappa shape index (κ3) is 7.27. The SMILES string of the molecule is CCC(=O)CCCCC[C@H](NC(=O)C1CCN(C)CC1)c1cc(-c2ccccc2)ccn1. The van der Waals surface area contributed by atoms with E-state index in [9.17, 15) is 9.59 Å². The van der Waals surface area contributed by atoms with Gasteiger partial charge in [-0.15, -0.1) is 0 Å². The molecule has 0 saturated carbocycles. The number of likely N-dealkylation sites (tertiary alicyclic amines) is 1. The molecule has 0 aliphatic carbocycles. The largest absolute Gasteiger partial charge is 0.347 e. The summed E-state index contributed by atoms with van der Waals surface area (Å²) in [5, 5.41) is 3.32. The molecule has 2 heterocycles. The van der Waals surface area contributed by atoms with E-state index in [1.807, 2.05) is 37.4 Å². The maximum Gasteiger partial charge on any atom is 0.223 e. The Bertz CT molecular complexity index is 860. The van der Waals surface area contributed by atoms with Crippen LogP contribution < -0.4 is 5.32 Å². The molecule has 5 nitrogen and oxygen atoms in total. The molecule has 1 aromatic carbocycles. The minimum Gasteiger partial charge on any atom is -0.347 e. The summed E-state index contributed by atoms with van der Waals surface area (Å²) in [6.07, 6.45) is 8.64. The maximum atomic E-state index is 13.1. The van der Waals surface area contributed by atoms with Gasteiger partial charge >= 0.3 is 0 Å². The average molecular weight is 436 g/mol. The van der Waals surface area contributed by atoms with E-state index in [4.69, 9.17) is 0 Å². The minimum atomic E-state index is -0.104. The molecule has 3 rings (SSSR count). The van der Waals surface area contributed by atoms with E-state index in [-0.39, 0.29) is 17.9 Å². The van der Waals surface area contributed by atoms with E-state index in [1.165, 1.54) is 0 Å². The van der Waals surface area contributed by atoms with Gasteiger partial charge in [-0.25, -0.2) is 0 Å². The minimum absolute atomic E-state index is 0.0770. The fourth-order valence-electron chi connectivity index (χ4n) is 4.33. The van der Waals surface area contributed by atoms with E-state index >= 15 is 0 Å². The first kappa shape index (κ1) is 24.1. The molecule has 32 heavy (non-hydrogen) atoms. The van der Waals surface area contributed by atoms with Crippen molar-refractivity contribution in [1.82, 2.24) is 15.2 Å². The Morgan fingerprint density at radius 1 is 1.06 bits per heavy atom. The zero-order valence-electron chi connectivity index (χ0n) is 19.6. The molecule has 1 aliphatic rings. The van der Waals surface area contributed by atoms with Crippen molar-refractivity contribution in [2.24, 2.45) is 5.92 Å². The predicted molar refractivity (Wildman–Crippen MR) is 129 cm³/mol. The van der Waals surface area contributed by atoms with Gasteiger partial charge in [0.2, 0.25) is 5.91 Å². The van der Waals surface area contributed by atoms with Crippen LogP contribution in [0.15, 0.2) is 48.7 Å². The second-order valence-corrected chi connectivity index (χ2v) is 8.97. The van der Waals surface area contributed by atoms with Crippen LogP contribution in [0, 0.1) is 5.92 Å². The molecule has 1 amide bonds. The monoisotopic (exact) mass is 435 g/mol. The van der Waals surface area contributed by atoms with Crippen LogP contribution >= 0.6 is 0 Å². The van der Waals surface area contributed by atoms with Crippen LogP contribution in [0.1, 0.15) is 70.0 Å². The van der Waals surface area contributed by atoms with Gasteiger partial charge in [-0.2, -0.15) is 0 Å². The van der Waals surface area contributed by atoms with E-state index in [1.54, 1.807) is 0 Å². The molecule has 1 fully saturated rings. The van der Waals surface area contributed by atoms with Gasteiger partial charge in [0.25, 0.3) is 0 Å². The van der Waals surface area contributed by atoms with Crippen molar-refractivity contribution in [3.05, 3.63) is 54.4 Å². The molecule has 1 saturated heterocycles. The molecule has 0 spiro atoms. The lowest BCUT2D eigenvalue weighted by molar-refractivity contribution is -0.127. The van der Waals surface area contributed by atoms with Crippen LogP contribution in [0.3, 0.4) is 0 Å². The number of hydrogen-bond donors (Lipinski definition) is 1. The lowest BCUT2D eigenvalue weighted by atomic mass is 9.94. The molecule has 1 N–H and O–H groups in total. The molecule has 1 atom stereocenters. The van der Waals surface area contributed by atoms with Crippen molar-refractivity contribution >= 4 is 11.7 Å². The number of piperidine rings is 1. The van der Waals surface area contributed by atoms with Gasteiger partial charge < -0.3 is 10.2 Å². The second kappa shape index (κ2) is 12.5. The first-order valence-corrected chi connectivity index (χ1v) is 12.1. The molecule has 0 bridgehead atoms. The number of rotatable bonds is 11. The number of Topliss-reactive ketones (excluding diaryl/α,β-unsaturated/α-hetero) is 1. The van der Waals surface area contributed by atoms with E-state index in [0.29, 0.717) is 18.6 Å². The fourth-order valence-corrected chi connectivity index (χ4v) is 4.33. The molecule has 2 aromatic rings. The highest BCUT2D eigenvalue weighted by molar-refractivity contribution is 5.79. The fraction of sp³-hybridized carbons (Fsp3) is 0.519. The first-order valence-electron chi connectivity index (χ1n) is 12.1. The van der Waals surface area contributed by atoms with Crippen molar-refractivity contribution in [1.29, 1.82) is 0 Å². The number of nitrogens with one attached hydrogen (secondary N) is 1. The molecule has 5 heteroatoms. The molecule has 0 unspecified atom stereocenters. The van der Waals surface area contributed by atoms with Crippen molar-refractivity contribution in [2.75, 3.05) is 20.1 Å². The summed E-state index contributed by atoms with van der Waals surface area (Å²) < 4.78 is 0. The Hall–Kier alpha value is -2.53. The summed E-state index contributed by atoms with van der Waals surface area (Å²) in [5.74, 6) is 0.554. The molecule has 1 aromatic heterocycles. The van der Waals surface area contributed by atoms with Gasteiger partial charge in [-0.3, -0.25) is 14.6 Å². The molecule has 0 radical (unpaired) electrons. The second-order valence-electron chi connectivity index (χ2n) is 8.97. The van der Waals surface area contributed by atoms with Crippen LogP contribution in [0.4, 0.5) is 0 Å². The lowest BCUT2D eigenvalue weighted by Crippen LogP contribution is -2.40. The van der Waals surface area contributed by atoms with E-state index in [0.717, 1.165) is 68.4 Å². The summed E-state index contributed by atoms with van der Waals surface area (Å²) >= 11 is 0. The van der Waals surface area contributed by atoms with Crippen molar-refractivity contribution in [3.63, 3.8) is 0 Å². The van der Waals surface area contributed by atoms with Gasteiger partial charge in [0.15, 0.2) is 0 Å². The predicted octanol–water partition coefficient (Wildman–Crippen LogP) is 5.18. The van der Waals surface area contributed by atoms with Crippen molar-refractivity contribution in [3.8, 4) is 11.1 Å². The highest BCUT2D eigenvalue weighted by Gasteiger charge is 2.26. The van der Waals surface area contributed by atoms with Crippen molar-refractivity contribution < 1.29 is 9.59 Å². The Labute approximate surface area is 192 Å². The summed E-state index contributed by atoms with van der Waals surface area (Å²) in [5.41, 5.74) is 3.18. The zero-order chi connectivity index (χ0) is 22.8. The molecule has 1 aliphatic heterocycles. The number of aromatic nitrogens is 1. The third-order valence-corrected chi connectivity index (χ3v) is 6.49. The van der Waals surface area contributed by atoms with E-state index in [2.05, 4.69) is 40.4 Å². The van der Waals surface area contributed by atoms with Crippen molar-refractivity contribution in [2.45, 2.75) is 64.3 Å². The summed E-state index contributed by atoms with van der Waals surface area (Å²) in [7, 11) is 2.11. The number of carbonyl (C=O) groups excluding carboxylic acids is 2. The average Bonchev–Trinajstić information content (AvgIpc) is 2.84. The Morgan fingerprint density at radius 3 is 2.53 bits per heavy atom. The Morgan fingerprint density at radius 2 is 1.81 bits per heavy atom. The van der Waals surface area contributed by atoms with Crippen LogP contribution in [0.2, 0.25) is 0 Å². The number of nitrogens with zero attached hydrogens (tertiary/aromatic N) is 2. The number of pyridine rings is 1. The summed E-state index contributed by atoms with van der Waals surface area (Å²) in [4.78, 5) is 31.6. The molecular formula is C27H37N3O2. The van der Waals surface area contributed by atoms with Gasteiger partial charge in [0, 0.05) is 25.0 Å². The number of hydrogen-bond acceptors (Lipinski definition) is 4. The van der Waals surface area contributed by atoms with Gasteiger partial charge in [-0.1, -0.05) is 50.1 Å². The summed E-state index contributed by atoms with van der Waals surface area (Å²) in [6, 6.07) is 14.3. The van der Waals surface area contributed by atoms with Crippen LogP contribution in [0.25, 0.3) is 11.1 Å². The Kier molecular flexibility index (Phi) is 9.42. The summed E-state index contributed by atoms with van der Waals surface area (Å²) in [6.45, 7) is 3.86. The van der Waals surface area contributed by atoms with Gasteiger partial charge in [0.1, 0.15) is 5.78 Å². The number of unbranched alkanes of at least 4 members (excludes halogenated alkanes) is 2. The Balaban J connectivity index is 1.68. The normalized spacial score (nSPS) is 15.9. The molecule has 172 valence electrons. The highest BCUT2D eigenvalue weighted by Crippen LogP contribution is 2.26. The standard InChI is InChI=1S/C27H37N3O2/c1-3-24(31)12-8-5-9-13-25(29-27(32)22-15-18-30(2)19-16-22)26-20-23(14-17-28-26)21-10-6-4-7-11-21/h4,6-7,10-11,14,17,20,22,25H,3,5,8-9,12-13,15-16,18-19H2,1-2H3,(H,29,32)/t25-/m0/s1. The van der Waals surface area contributed by atoms with Crippen LogP contribution in [-0.2, 0) is 9.59 Å². The van der Waals surface area contributed by atoms with E-state index < -0.39 is 0 Å². The van der Waals surface area contributed by atoms with Gasteiger partial charge in [0.05, 0.1) is 11.7 Å².